The third-order valence-corrected chi connectivity index (χ3v) is 0.500. The lowest BCUT2D eigenvalue weighted by Gasteiger charge is -2.05. The van der Waals surface area contributed by atoms with Crippen molar-refractivity contribution in [3.63, 3.8) is 0 Å². The predicted octanol–water partition coefficient (Wildman–Crippen LogP) is 3.86. The van der Waals surface area contributed by atoms with Crippen molar-refractivity contribution < 1.29 is 0 Å². The zero-order valence-corrected chi connectivity index (χ0v) is 7.91. The first-order valence-electron chi connectivity index (χ1n) is 3.91. The van der Waals surface area contributed by atoms with Crippen LogP contribution < -0.4 is 0 Å². The minimum atomic E-state index is 0.500. The molecule has 0 aromatic rings. The lowest BCUT2D eigenvalue weighted by molar-refractivity contribution is 0.469. The van der Waals surface area contributed by atoms with E-state index in [4.69, 9.17) is 0 Å². The maximum atomic E-state index is 2.19. The van der Waals surface area contributed by atoms with Crippen LogP contribution in [0.3, 0.4) is 0 Å². The highest BCUT2D eigenvalue weighted by atomic mass is 14.0. The van der Waals surface area contributed by atoms with Crippen molar-refractivity contribution in [2.75, 3.05) is 0 Å². The molecule has 58 valence electrons. The Balaban J connectivity index is 0. The summed E-state index contributed by atoms with van der Waals surface area (Å²) >= 11 is 0. The van der Waals surface area contributed by atoms with E-state index in [9.17, 15) is 0 Å². The monoisotopic (exact) mass is 130 g/mol. The quantitative estimate of drug-likeness (QED) is 0.505. The van der Waals surface area contributed by atoms with Crippen LogP contribution in [-0.4, -0.2) is 0 Å². The van der Waals surface area contributed by atoms with E-state index in [-0.39, 0.29) is 0 Å². The molecular formula is C9H22. The molecule has 0 heterocycles. The molecule has 0 bridgehead atoms. The minimum absolute atomic E-state index is 0.500. The molecule has 0 aliphatic rings. The van der Waals surface area contributed by atoms with Gasteiger partial charge in [-0.25, -0.2) is 0 Å². The Morgan fingerprint density at radius 3 is 0.889 bits per heavy atom. The van der Waals surface area contributed by atoms with Crippen molar-refractivity contribution in [2.45, 2.75) is 54.4 Å². The Morgan fingerprint density at radius 1 is 0.778 bits per heavy atom. The van der Waals surface area contributed by atoms with Gasteiger partial charge in [-0.05, 0) is 5.41 Å². The highest BCUT2D eigenvalue weighted by Gasteiger charge is 1.95. The highest BCUT2D eigenvalue weighted by Crippen LogP contribution is 2.07. The van der Waals surface area contributed by atoms with E-state index in [0.717, 1.165) is 0 Å². The largest absolute Gasteiger partial charge is 0.0654 e. The molecule has 0 aromatic heterocycles. The molecule has 0 spiro atoms. The van der Waals surface area contributed by atoms with E-state index >= 15 is 0 Å². The lowest BCUT2D eigenvalue weighted by Crippen LogP contribution is -1.93. The molecule has 0 amide bonds. The zero-order valence-electron chi connectivity index (χ0n) is 7.91. The minimum Gasteiger partial charge on any atom is -0.0654 e. The van der Waals surface area contributed by atoms with Gasteiger partial charge in [-0.15, -0.1) is 0 Å². The molecule has 0 aliphatic carbocycles. The van der Waals surface area contributed by atoms with Gasteiger partial charge in [-0.2, -0.15) is 0 Å². The Bertz CT molecular complexity index is 30.5. The van der Waals surface area contributed by atoms with Crippen molar-refractivity contribution in [3.05, 3.63) is 0 Å². The third-order valence-electron chi connectivity index (χ3n) is 0.500. The first kappa shape index (κ1) is 11.8. The highest BCUT2D eigenvalue weighted by molar-refractivity contribution is 4.47. The second kappa shape index (κ2) is 6.12. The zero-order chi connectivity index (χ0) is 7.91. The molecule has 0 radical (unpaired) electrons. The molecule has 0 aliphatic heterocycles. The standard InChI is InChI=1S/C5H12.C4H10/c1-5(2,3)4;1-3-4-2/h1-4H3;3-4H2,1-2H3. The van der Waals surface area contributed by atoms with Crippen LogP contribution in [0, 0.1) is 5.41 Å². The van der Waals surface area contributed by atoms with Crippen LogP contribution in [0.2, 0.25) is 0 Å². The summed E-state index contributed by atoms with van der Waals surface area (Å²) in [5.41, 5.74) is 0.500. The second-order valence-electron chi connectivity index (χ2n) is 4.00. The van der Waals surface area contributed by atoms with Gasteiger partial charge in [0.25, 0.3) is 0 Å². The fraction of sp³-hybridized carbons (Fsp3) is 1.00. The summed E-state index contributed by atoms with van der Waals surface area (Å²) in [5.74, 6) is 0. The Kier molecular flexibility index (Phi) is 8.00. The summed E-state index contributed by atoms with van der Waals surface area (Å²) in [4.78, 5) is 0. The third kappa shape index (κ3) is 288. The molecule has 0 N–H and O–H groups in total. The predicted molar refractivity (Wildman–Crippen MR) is 45.7 cm³/mol. The normalized spacial score (nSPS) is 10.0. The molecule has 0 unspecified atom stereocenters. The van der Waals surface area contributed by atoms with E-state index in [0.29, 0.717) is 5.41 Å². The van der Waals surface area contributed by atoms with Gasteiger partial charge < -0.3 is 0 Å². The van der Waals surface area contributed by atoms with Gasteiger partial charge in [-0.3, -0.25) is 0 Å². The Labute approximate surface area is 60.7 Å². The SMILES string of the molecule is CC(C)(C)C.CCCC. The number of hydrogen-bond donors (Lipinski definition) is 0. The fourth-order valence-corrected chi connectivity index (χ4v) is 0. The van der Waals surface area contributed by atoms with Gasteiger partial charge in [0.05, 0.1) is 0 Å². The second-order valence-corrected chi connectivity index (χ2v) is 4.00. The topological polar surface area (TPSA) is 0 Å². The molecular weight excluding hydrogens is 108 g/mol. The summed E-state index contributed by atoms with van der Waals surface area (Å²) in [7, 11) is 0. The van der Waals surface area contributed by atoms with Crippen LogP contribution in [0.15, 0.2) is 0 Å². The fourth-order valence-electron chi connectivity index (χ4n) is 0. The van der Waals surface area contributed by atoms with Gasteiger partial charge in [0.15, 0.2) is 0 Å². The van der Waals surface area contributed by atoms with Gasteiger partial charge >= 0.3 is 0 Å². The average Bonchev–Trinajstić information content (AvgIpc) is 1.61. The van der Waals surface area contributed by atoms with Gasteiger partial charge in [0, 0.05) is 0 Å². The summed E-state index contributed by atoms with van der Waals surface area (Å²) in [6.45, 7) is 13.1. The van der Waals surface area contributed by atoms with Crippen LogP contribution in [0.5, 0.6) is 0 Å². The molecule has 0 atom stereocenters. The lowest BCUT2D eigenvalue weighted by atomic mass is 10.0. The van der Waals surface area contributed by atoms with Crippen LogP contribution in [0.25, 0.3) is 0 Å². The molecule has 0 saturated heterocycles. The van der Waals surface area contributed by atoms with E-state index < -0.39 is 0 Å². The van der Waals surface area contributed by atoms with Crippen molar-refractivity contribution in [3.8, 4) is 0 Å². The van der Waals surface area contributed by atoms with Crippen LogP contribution in [0.4, 0.5) is 0 Å². The van der Waals surface area contributed by atoms with Gasteiger partial charge in [0.1, 0.15) is 0 Å². The van der Waals surface area contributed by atoms with Crippen LogP contribution in [0.1, 0.15) is 54.4 Å². The average molecular weight is 130 g/mol. The van der Waals surface area contributed by atoms with E-state index in [1.54, 1.807) is 0 Å². The summed E-state index contributed by atoms with van der Waals surface area (Å²) < 4.78 is 0. The molecule has 9 heavy (non-hydrogen) atoms. The van der Waals surface area contributed by atoms with Crippen molar-refractivity contribution in [1.82, 2.24) is 0 Å². The van der Waals surface area contributed by atoms with Gasteiger partial charge in [0.2, 0.25) is 0 Å². The Morgan fingerprint density at radius 2 is 0.889 bits per heavy atom. The molecule has 0 saturated carbocycles. The first-order chi connectivity index (χ1) is 3.91. The molecule has 0 rings (SSSR count). The van der Waals surface area contributed by atoms with Crippen LogP contribution >= 0.6 is 0 Å². The van der Waals surface area contributed by atoms with E-state index in [1.165, 1.54) is 12.8 Å². The van der Waals surface area contributed by atoms with Crippen molar-refractivity contribution >= 4 is 0 Å². The molecule has 0 nitrogen and oxygen atoms in total. The van der Waals surface area contributed by atoms with E-state index in [2.05, 4.69) is 41.5 Å². The number of hydrogen-bond acceptors (Lipinski definition) is 0. The summed E-state index contributed by atoms with van der Waals surface area (Å²) in [6, 6.07) is 0. The van der Waals surface area contributed by atoms with Crippen molar-refractivity contribution in [2.24, 2.45) is 5.41 Å². The molecule has 0 heteroatoms. The number of unbranched alkanes of at least 4 members (excludes halogenated alkanes) is 1. The summed E-state index contributed by atoms with van der Waals surface area (Å²) in [6.07, 6.45) is 2.64. The summed E-state index contributed by atoms with van der Waals surface area (Å²) in [5, 5.41) is 0. The Hall–Kier alpha value is 0. The first-order valence-corrected chi connectivity index (χ1v) is 3.91. The van der Waals surface area contributed by atoms with Crippen molar-refractivity contribution in [1.29, 1.82) is 0 Å². The number of rotatable bonds is 1. The molecule has 0 aromatic carbocycles. The maximum absolute atomic E-state index is 2.19. The van der Waals surface area contributed by atoms with Gasteiger partial charge in [-0.1, -0.05) is 54.4 Å². The smallest absolute Gasteiger partial charge is 0.0411 e. The van der Waals surface area contributed by atoms with E-state index in [1.807, 2.05) is 0 Å². The van der Waals surface area contributed by atoms with Crippen LogP contribution in [-0.2, 0) is 0 Å². The maximum Gasteiger partial charge on any atom is -0.0411 e. The molecule has 0 fully saturated rings.